The summed E-state index contributed by atoms with van der Waals surface area (Å²) < 4.78 is 14.1. The van der Waals surface area contributed by atoms with Gasteiger partial charge in [0, 0.05) is 34.5 Å². The Labute approximate surface area is 177 Å². The van der Waals surface area contributed by atoms with E-state index in [9.17, 15) is 14.3 Å². The van der Waals surface area contributed by atoms with Crippen LogP contribution in [0.5, 0.6) is 5.75 Å². The van der Waals surface area contributed by atoms with Crippen molar-refractivity contribution in [3.63, 3.8) is 0 Å². The van der Waals surface area contributed by atoms with Crippen molar-refractivity contribution in [2.75, 3.05) is 11.5 Å². The summed E-state index contributed by atoms with van der Waals surface area (Å²) in [7, 11) is 0. The van der Waals surface area contributed by atoms with E-state index in [2.05, 4.69) is 17.2 Å². The van der Waals surface area contributed by atoms with Gasteiger partial charge in [0.15, 0.2) is 0 Å². The van der Waals surface area contributed by atoms with Gasteiger partial charge in [0.25, 0.3) is 5.91 Å². The number of rotatable bonds is 7. The standard InChI is InChI=1S/C22H20ClFN2O2S/c1-2-29-9-3-4-15-10-17(24)11-18-20(15)25-13-19(21(18)27)22(28)26-12-14-5-7-16(23)8-6-14/h3-8,10-11,13H,2,9,12H2,1H3,(H,25,27)(H,26,28). The van der Waals surface area contributed by atoms with Gasteiger partial charge in [-0.2, -0.15) is 11.8 Å². The molecule has 0 unspecified atom stereocenters. The zero-order valence-electron chi connectivity index (χ0n) is 15.8. The van der Waals surface area contributed by atoms with Crippen molar-refractivity contribution >= 4 is 46.2 Å². The number of aromatic nitrogens is 1. The molecule has 0 aliphatic rings. The quantitative estimate of drug-likeness (QED) is 0.490. The molecule has 150 valence electrons. The Hall–Kier alpha value is -2.57. The van der Waals surface area contributed by atoms with Crippen molar-refractivity contribution in [1.82, 2.24) is 10.3 Å². The lowest BCUT2D eigenvalue weighted by molar-refractivity contribution is 0.0948. The van der Waals surface area contributed by atoms with Gasteiger partial charge in [-0.25, -0.2) is 4.39 Å². The summed E-state index contributed by atoms with van der Waals surface area (Å²) in [6.07, 6.45) is 5.01. The predicted octanol–water partition coefficient (Wildman–Crippen LogP) is 5.43. The van der Waals surface area contributed by atoms with Crippen LogP contribution >= 0.6 is 23.4 Å². The van der Waals surface area contributed by atoms with Gasteiger partial charge in [-0.05, 0) is 35.6 Å². The Morgan fingerprint density at radius 1 is 1.31 bits per heavy atom. The number of amides is 1. The Kier molecular flexibility index (Phi) is 7.12. The molecule has 29 heavy (non-hydrogen) atoms. The second kappa shape index (κ2) is 9.76. The van der Waals surface area contributed by atoms with Gasteiger partial charge in [-0.3, -0.25) is 9.78 Å². The lowest BCUT2D eigenvalue weighted by atomic mass is 10.1. The number of hydrogen-bond acceptors (Lipinski definition) is 4. The fourth-order valence-electron chi connectivity index (χ4n) is 2.81. The number of pyridine rings is 1. The minimum absolute atomic E-state index is 0.00599. The van der Waals surface area contributed by atoms with Crippen molar-refractivity contribution in [3.8, 4) is 5.75 Å². The normalized spacial score (nSPS) is 11.3. The highest BCUT2D eigenvalue weighted by Crippen LogP contribution is 2.30. The van der Waals surface area contributed by atoms with Gasteiger partial charge in [-0.15, -0.1) is 0 Å². The predicted molar refractivity (Wildman–Crippen MR) is 118 cm³/mol. The third kappa shape index (κ3) is 5.28. The molecule has 3 rings (SSSR count). The Morgan fingerprint density at radius 3 is 2.79 bits per heavy atom. The fraction of sp³-hybridized carbons (Fsp3) is 0.182. The average molecular weight is 431 g/mol. The average Bonchev–Trinajstić information content (AvgIpc) is 2.71. The van der Waals surface area contributed by atoms with Crippen LogP contribution in [-0.4, -0.2) is 27.5 Å². The lowest BCUT2D eigenvalue weighted by Gasteiger charge is -2.10. The van der Waals surface area contributed by atoms with Crippen LogP contribution in [-0.2, 0) is 6.54 Å². The van der Waals surface area contributed by atoms with E-state index < -0.39 is 11.7 Å². The van der Waals surface area contributed by atoms with Crippen LogP contribution in [0.15, 0.2) is 48.7 Å². The molecule has 0 aliphatic carbocycles. The number of benzene rings is 2. The number of hydrogen-bond donors (Lipinski definition) is 2. The van der Waals surface area contributed by atoms with E-state index in [4.69, 9.17) is 11.6 Å². The van der Waals surface area contributed by atoms with Gasteiger partial charge >= 0.3 is 0 Å². The van der Waals surface area contributed by atoms with Crippen LogP contribution in [0, 0.1) is 5.82 Å². The van der Waals surface area contributed by atoms with Gasteiger partial charge in [-0.1, -0.05) is 42.8 Å². The molecule has 2 N–H and O–H groups in total. The Balaban J connectivity index is 1.85. The van der Waals surface area contributed by atoms with Crippen LogP contribution in [0.3, 0.4) is 0 Å². The molecule has 1 amide bonds. The van der Waals surface area contributed by atoms with Gasteiger partial charge in [0.05, 0.1) is 5.52 Å². The number of nitrogens with zero attached hydrogens (tertiary/aromatic N) is 1. The smallest absolute Gasteiger partial charge is 0.256 e. The minimum Gasteiger partial charge on any atom is -0.506 e. The number of carbonyl (C=O) groups is 1. The van der Waals surface area contributed by atoms with Crippen molar-refractivity contribution in [3.05, 3.63) is 76.2 Å². The van der Waals surface area contributed by atoms with E-state index in [0.29, 0.717) is 16.1 Å². The van der Waals surface area contributed by atoms with Crippen molar-refractivity contribution < 1.29 is 14.3 Å². The molecule has 0 spiro atoms. The first-order chi connectivity index (χ1) is 14.0. The van der Waals surface area contributed by atoms with E-state index >= 15 is 0 Å². The summed E-state index contributed by atoms with van der Waals surface area (Å²) >= 11 is 7.59. The molecule has 3 aromatic rings. The maximum atomic E-state index is 14.1. The lowest BCUT2D eigenvalue weighted by Crippen LogP contribution is -2.23. The number of aromatic hydroxyl groups is 1. The third-order valence-electron chi connectivity index (χ3n) is 4.26. The summed E-state index contributed by atoms with van der Waals surface area (Å²) in [4.78, 5) is 16.8. The second-order valence-electron chi connectivity index (χ2n) is 6.28. The van der Waals surface area contributed by atoms with Crippen molar-refractivity contribution in [2.24, 2.45) is 0 Å². The molecule has 0 radical (unpaired) electrons. The first kappa shape index (κ1) is 21.1. The fourth-order valence-corrected chi connectivity index (χ4v) is 3.41. The maximum absolute atomic E-state index is 14.1. The molecule has 1 aromatic heterocycles. The molecule has 2 aromatic carbocycles. The minimum atomic E-state index is -0.504. The molecule has 0 saturated heterocycles. The Bertz CT molecular complexity index is 1050. The zero-order chi connectivity index (χ0) is 20.8. The first-order valence-electron chi connectivity index (χ1n) is 9.07. The van der Waals surface area contributed by atoms with E-state index in [-0.39, 0.29) is 23.2 Å². The molecule has 0 saturated carbocycles. The highest BCUT2D eigenvalue weighted by molar-refractivity contribution is 7.99. The van der Waals surface area contributed by atoms with E-state index in [1.807, 2.05) is 6.08 Å². The van der Waals surface area contributed by atoms with Crippen LogP contribution in [0.25, 0.3) is 17.0 Å². The summed E-state index contributed by atoms with van der Waals surface area (Å²) in [5.74, 6) is 0.498. The molecule has 4 nitrogen and oxygen atoms in total. The molecule has 0 aliphatic heterocycles. The van der Waals surface area contributed by atoms with Gasteiger partial charge < -0.3 is 10.4 Å². The number of carbonyl (C=O) groups excluding carboxylic acids is 1. The molecule has 0 atom stereocenters. The van der Waals surface area contributed by atoms with Crippen LogP contribution in [0.1, 0.15) is 28.4 Å². The topological polar surface area (TPSA) is 62.2 Å². The molecular formula is C22H20ClFN2O2S. The van der Waals surface area contributed by atoms with Crippen molar-refractivity contribution in [1.29, 1.82) is 0 Å². The van der Waals surface area contributed by atoms with Crippen LogP contribution in [0.4, 0.5) is 4.39 Å². The summed E-state index contributed by atoms with van der Waals surface area (Å²) in [6.45, 7) is 2.33. The van der Waals surface area contributed by atoms with Crippen molar-refractivity contribution in [2.45, 2.75) is 13.5 Å². The third-order valence-corrected chi connectivity index (χ3v) is 5.35. The first-order valence-corrected chi connectivity index (χ1v) is 10.6. The van der Waals surface area contributed by atoms with E-state index in [1.54, 1.807) is 42.1 Å². The number of thioether (sulfide) groups is 1. The second-order valence-corrected chi connectivity index (χ2v) is 8.04. The molecule has 0 fully saturated rings. The van der Waals surface area contributed by atoms with Crippen LogP contribution in [0.2, 0.25) is 5.02 Å². The summed E-state index contributed by atoms with van der Waals surface area (Å²) in [6, 6.07) is 9.61. The molecule has 7 heteroatoms. The largest absolute Gasteiger partial charge is 0.506 e. The molecular weight excluding hydrogens is 411 g/mol. The molecule has 0 bridgehead atoms. The highest BCUT2D eigenvalue weighted by atomic mass is 35.5. The monoisotopic (exact) mass is 430 g/mol. The maximum Gasteiger partial charge on any atom is 0.256 e. The SMILES string of the molecule is CCSCC=Cc1cc(F)cc2c(O)c(C(=O)NCc3ccc(Cl)cc3)cnc12. The number of halogens is 2. The zero-order valence-corrected chi connectivity index (χ0v) is 17.4. The molecule has 1 heterocycles. The summed E-state index contributed by atoms with van der Waals surface area (Å²) in [5, 5.41) is 14.1. The highest BCUT2D eigenvalue weighted by Gasteiger charge is 2.17. The van der Waals surface area contributed by atoms with E-state index in [1.165, 1.54) is 18.3 Å². The van der Waals surface area contributed by atoms with Crippen LogP contribution < -0.4 is 5.32 Å². The van der Waals surface area contributed by atoms with Gasteiger partial charge in [0.1, 0.15) is 17.1 Å². The van der Waals surface area contributed by atoms with E-state index in [0.717, 1.165) is 17.1 Å². The number of fused-ring (bicyclic) bond motifs is 1. The van der Waals surface area contributed by atoms with Gasteiger partial charge in [0.2, 0.25) is 0 Å². The summed E-state index contributed by atoms with van der Waals surface area (Å²) in [5.41, 5.74) is 1.85. The number of nitrogens with one attached hydrogen (secondary N) is 1. The Morgan fingerprint density at radius 2 is 2.07 bits per heavy atom.